The van der Waals surface area contributed by atoms with Crippen molar-refractivity contribution in [2.45, 2.75) is 6.54 Å². The second kappa shape index (κ2) is 3.57. The molecule has 0 aliphatic rings. The zero-order chi connectivity index (χ0) is 10.8. The Hall–Kier alpha value is -2.10. The SMILES string of the molecule is NC(=O)c1ccc2c(ccn2CC=O)c1. The minimum absolute atomic E-state index is 0.319. The van der Waals surface area contributed by atoms with E-state index in [0.29, 0.717) is 12.1 Å². The minimum Gasteiger partial charge on any atom is -0.366 e. The highest BCUT2D eigenvalue weighted by Gasteiger charge is 2.04. The highest BCUT2D eigenvalue weighted by molar-refractivity contribution is 5.97. The van der Waals surface area contributed by atoms with Crippen LogP contribution in [0.15, 0.2) is 30.5 Å². The van der Waals surface area contributed by atoms with Crippen LogP contribution in [0.2, 0.25) is 0 Å². The van der Waals surface area contributed by atoms with Gasteiger partial charge in [0, 0.05) is 22.7 Å². The summed E-state index contributed by atoms with van der Waals surface area (Å²) in [5.74, 6) is -0.444. The van der Waals surface area contributed by atoms with Gasteiger partial charge in [0.15, 0.2) is 0 Å². The van der Waals surface area contributed by atoms with Crippen LogP contribution in [0.1, 0.15) is 10.4 Å². The summed E-state index contributed by atoms with van der Waals surface area (Å²) in [6, 6.07) is 7.02. The lowest BCUT2D eigenvalue weighted by molar-refractivity contribution is -0.108. The fraction of sp³-hybridized carbons (Fsp3) is 0.0909. The topological polar surface area (TPSA) is 65.1 Å². The standard InChI is InChI=1S/C11H10N2O2/c12-11(15)9-1-2-10-8(7-9)3-4-13(10)5-6-14/h1-4,6-7H,5H2,(H2,12,15). The van der Waals surface area contributed by atoms with Gasteiger partial charge in [-0.1, -0.05) is 0 Å². The Kier molecular flexibility index (Phi) is 2.25. The number of amides is 1. The number of hydrogen-bond acceptors (Lipinski definition) is 2. The molecule has 2 rings (SSSR count). The maximum atomic E-state index is 10.9. The predicted molar refractivity (Wildman–Crippen MR) is 56.5 cm³/mol. The van der Waals surface area contributed by atoms with E-state index in [1.165, 1.54) is 0 Å². The molecule has 2 aromatic rings. The number of benzene rings is 1. The van der Waals surface area contributed by atoms with Crippen LogP contribution in [0.4, 0.5) is 0 Å². The molecule has 0 bridgehead atoms. The fourth-order valence-electron chi connectivity index (χ4n) is 1.59. The first-order chi connectivity index (χ1) is 7.22. The van der Waals surface area contributed by atoms with E-state index in [0.717, 1.165) is 17.2 Å². The summed E-state index contributed by atoms with van der Waals surface area (Å²) in [5, 5.41) is 0.910. The number of rotatable bonds is 3. The van der Waals surface area contributed by atoms with Crippen molar-refractivity contribution in [2.75, 3.05) is 0 Å². The van der Waals surface area contributed by atoms with E-state index in [1.54, 1.807) is 18.2 Å². The number of nitrogens with two attached hydrogens (primary N) is 1. The molecule has 1 heterocycles. The van der Waals surface area contributed by atoms with Crippen LogP contribution in [0.3, 0.4) is 0 Å². The molecular formula is C11H10N2O2. The van der Waals surface area contributed by atoms with E-state index in [9.17, 15) is 9.59 Å². The Balaban J connectivity index is 2.56. The van der Waals surface area contributed by atoms with Gasteiger partial charge in [-0.15, -0.1) is 0 Å². The minimum atomic E-state index is -0.444. The molecule has 4 nitrogen and oxygen atoms in total. The normalized spacial score (nSPS) is 10.4. The Labute approximate surface area is 86.3 Å². The molecule has 15 heavy (non-hydrogen) atoms. The Morgan fingerprint density at radius 3 is 2.87 bits per heavy atom. The number of hydrogen-bond donors (Lipinski definition) is 1. The molecule has 1 amide bonds. The number of fused-ring (bicyclic) bond motifs is 1. The zero-order valence-electron chi connectivity index (χ0n) is 8.01. The van der Waals surface area contributed by atoms with Gasteiger partial charge in [-0.25, -0.2) is 0 Å². The van der Waals surface area contributed by atoms with E-state index in [1.807, 2.05) is 16.8 Å². The molecule has 1 aromatic heterocycles. The quantitative estimate of drug-likeness (QED) is 0.753. The average molecular weight is 202 g/mol. The second-order valence-electron chi connectivity index (χ2n) is 3.27. The second-order valence-corrected chi connectivity index (χ2v) is 3.27. The van der Waals surface area contributed by atoms with Crippen molar-refractivity contribution >= 4 is 23.1 Å². The molecule has 0 spiro atoms. The lowest BCUT2D eigenvalue weighted by Gasteiger charge is -2.00. The van der Waals surface area contributed by atoms with Crippen molar-refractivity contribution in [1.29, 1.82) is 0 Å². The molecule has 0 unspecified atom stereocenters. The molecule has 2 N–H and O–H groups in total. The van der Waals surface area contributed by atoms with Crippen molar-refractivity contribution in [3.8, 4) is 0 Å². The van der Waals surface area contributed by atoms with Crippen LogP contribution < -0.4 is 5.73 Å². The van der Waals surface area contributed by atoms with Gasteiger partial charge in [0.2, 0.25) is 5.91 Å². The number of carbonyl (C=O) groups is 2. The molecule has 4 heteroatoms. The van der Waals surface area contributed by atoms with E-state index in [4.69, 9.17) is 5.73 Å². The van der Waals surface area contributed by atoms with E-state index in [-0.39, 0.29) is 0 Å². The molecule has 0 atom stereocenters. The van der Waals surface area contributed by atoms with Gasteiger partial charge < -0.3 is 15.1 Å². The Morgan fingerprint density at radius 2 is 2.20 bits per heavy atom. The van der Waals surface area contributed by atoms with Gasteiger partial charge >= 0.3 is 0 Å². The smallest absolute Gasteiger partial charge is 0.248 e. The van der Waals surface area contributed by atoms with Crippen molar-refractivity contribution in [1.82, 2.24) is 4.57 Å². The van der Waals surface area contributed by atoms with Crippen LogP contribution in [-0.4, -0.2) is 16.8 Å². The number of carbonyl (C=O) groups excluding carboxylic acids is 2. The van der Waals surface area contributed by atoms with Crippen LogP contribution in [0, 0.1) is 0 Å². The number of primary amides is 1. The molecule has 0 fully saturated rings. The molecule has 0 aliphatic heterocycles. The Bertz CT molecular complexity index is 528. The van der Waals surface area contributed by atoms with Crippen LogP contribution in [-0.2, 0) is 11.3 Å². The molecule has 76 valence electrons. The van der Waals surface area contributed by atoms with E-state index < -0.39 is 5.91 Å². The zero-order valence-corrected chi connectivity index (χ0v) is 8.01. The summed E-state index contributed by atoms with van der Waals surface area (Å²) in [7, 11) is 0. The molecule has 0 saturated carbocycles. The van der Waals surface area contributed by atoms with Gasteiger partial charge in [0.1, 0.15) is 6.29 Å². The summed E-state index contributed by atoms with van der Waals surface area (Å²) < 4.78 is 1.81. The number of nitrogens with zero attached hydrogens (tertiary/aromatic N) is 1. The highest BCUT2D eigenvalue weighted by atomic mass is 16.1. The average Bonchev–Trinajstić information content (AvgIpc) is 2.61. The van der Waals surface area contributed by atoms with Crippen molar-refractivity contribution in [2.24, 2.45) is 5.73 Å². The van der Waals surface area contributed by atoms with Crippen LogP contribution in [0.25, 0.3) is 10.9 Å². The fourth-order valence-corrected chi connectivity index (χ4v) is 1.59. The van der Waals surface area contributed by atoms with Gasteiger partial charge in [-0.3, -0.25) is 4.79 Å². The molecule has 0 saturated heterocycles. The first kappa shape index (κ1) is 9.45. The lowest BCUT2D eigenvalue weighted by Crippen LogP contribution is -2.10. The molecule has 0 aliphatic carbocycles. The molecule has 1 aromatic carbocycles. The van der Waals surface area contributed by atoms with Crippen molar-refractivity contribution in [3.63, 3.8) is 0 Å². The summed E-state index contributed by atoms with van der Waals surface area (Å²) in [6.07, 6.45) is 2.64. The van der Waals surface area contributed by atoms with Gasteiger partial charge in [-0.05, 0) is 24.3 Å². The van der Waals surface area contributed by atoms with E-state index >= 15 is 0 Å². The molecular weight excluding hydrogens is 192 g/mol. The lowest BCUT2D eigenvalue weighted by atomic mass is 10.1. The number of aldehydes is 1. The van der Waals surface area contributed by atoms with E-state index in [2.05, 4.69) is 0 Å². The van der Waals surface area contributed by atoms with Crippen LogP contribution in [0.5, 0.6) is 0 Å². The summed E-state index contributed by atoms with van der Waals surface area (Å²) >= 11 is 0. The summed E-state index contributed by atoms with van der Waals surface area (Å²) in [5.41, 5.74) is 6.57. The van der Waals surface area contributed by atoms with Gasteiger partial charge in [0.05, 0.1) is 6.54 Å². The van der Waals surface area contributed by atoms with Crippen molar-refractivity contribution < 1.29 is 9.59 Å². The summed E-state index contributed by atoms with van der Waals surface area (Å²) in [6.45, 7) is 0.319. The van der Waals surface area contributed by atoms with Crippen molar-refractivity contribution in [3.05, 3.63) is 36.0 Å². The maximum absolute atomic E-state index is 10.9. The summed E-state index contributed by atoms with van der Waals surface area (Å²) in [4.78, 5) is 21.3. The van der Waals surface area contributed by atoms with Gasteiger partial charge in [0.25, 0.3) is 0 Å². The monoisotopic (exact) mass is 202 g/mol. The largest absolute Gasteiger partial charge is 0.366 e. The van der Waals surface area contributed by atoms with Gasteiger partial charge in [-0.2, -0.15) is 0 Å². The first-order valence-corrected chi connectivity index (χ1v) is 4.54. The third kappa shape index (κ3) is 1.61. The predicted octanol–water partition coefficient (Wildman–Crippen LogP) is 0.939. The third-order valence-electron chi connectivity index (χ3n) is 2.33. The van der Waals surface area contributed by atoms with Crippen LogP contribution >= 0.6 is 0 Å². The maximum Gasteiger partial charge on any atom is 0.248 e. The first-order valence-electron chi connectivity index (χ1n) is 4.54. The molecule has 0 radical (unpaired) electrons. The number of aromatic nitrogens is 1. The Morgan fingerprint density at radius 1 is 1.40 bits per heavy atom. The highest BCUT2D eigenvalue weighted by Crippen LogP contribution is 2.17. The third-order valence-corrected chi connectivity index (χ3v) is 2.33.